The summed E-state index contributed by atoms with van der Waals surface area (Å²) >= 11 is 1.54. The number of rotatable bonds is 8. The summed E-state index contributed by atoms with van der Waals surface area (Å²) in [5, 5.41) is 14.1. The van der Waals surface area contributed by atoms with E-state index in [1.807, 2.05) is 13.0 Å². The van der Waals surface area contributed by atoms with Crippen molar-refractivity contribution in [1.82, 2.24) is 9.71 Å². The van der Waals surface area contributed by atoms with Gasteiger partial charge in [-0.25, -0.2) is 18.1 Å². The minimum absolute atomic E-state index is 0.122. The topological polar surface area (TPSA) is 110 Å². The van der Waals surface area contributed by atoms with Crippen molar-refractivity contribution in [3.8, 4) is 16.2 Å². The number of sulfonamides is 1. The Hall–Kier alpha value is -1.72. The fourth-order valence-electron chi connectivity index (χ4n) is 4.76. The first kappa shape index (κ1) is 25.4. The van der Waals surface area contributed by atoms with Crippen molar-refractivity contribution in [1.29, 1.82) is 0 Å². The number of aryl methyl sites for hydroxylation is 1. The van der Waals surface area contributed by atoms with Crippen LogP contribution in [0, 0.1) is 12.8 Å². The zero-order valence-electron chi connectivity index (χ0n) is 20.0. The van der Waals surface area contributed by atoms with E-state index < -0.39 is 10.0 Å². The number of aliphatic hydroxyl groups is 1. The molecule has 0 amide bonds. The Morgan fingerprint density at radius 1 is 1.18 bits per heavy atom. The summed E-state index contributed by atoms with van der Waals surface area (Å²) in [6.07, 6.45) is 4.19. The van der Waals surface area contributed by atoms with Crippen LogP contribution in [0.2, 0.25) is 0 Å². The molecular formula is C24H35N3O5S2. The van der Waals surface area contributed by atoms with Crippen LogP contribution in [0.15, 0.2) is 23.1 Å². The van der Waals surface area contributed by atoms with Crippen LogP contribution in [0.25, 0.3) is 10.4 Å². The number of nitrogens with one attached hydrogen (secondary N) is 2. The average molecular weight is 510 g/mol. The van der Waals surface area contributed by atoms with Gasteiger partial charge in [0.2, 0.25) is 10.0 Å². The fraction of sp³-hybridized carbons (Fsp3) is 0.625. The van der Waals surface area contributed by atoms with Crippen LogP contribution in [0.1, 0.15) is 51.1 Å². The van der Waals surface area contributed by atoms with Crippen LogP contribution in [0.4, 0.5) is 5.13 Å². The molecule has 1 atom stereocenters. The Balaban J connectivity index is 1.55. The Bertz CT molecular complexity index is 1070. The maximum absolute atomic E-state index is 13.3. The first-order valence-corrected chi connectivity index (χ1v) is 14.3. The minimum Gasteiger partial charge on any atom is -0.495 e. The van der Waals surface area contributed by atoms with Gasteiger partial charge in [0.15, 0.2) is 5.13 Å². The number of aromatic nitrogens is 1. The van der Waals surface area contributed by atoms with E-state index in [9.17, 15) is 13.5 Å². The van der Waals surface area contributed by atoms with E-state index in [4.69, 9.17) is 14.5 Å². The highest BCUT2D eigenvalue weighted by atomic mass is 32.2. The number of ether oxygens (including phenoxy) is 2. The van der Waals surface area contributed by atoms with Crippen molar-refractivity contribution in [3.63, 3.8) is 0 Å². The average Bonchev–Trinajstić information content (AvgIpc) is 3.20. The molecule has 0 spiro atoms. The van der Waals surface area contributed by atoms with Gasteiger partial charge in [0.05, 0.1) is 23.8 Å². The fourth-order valence-corrected chi connectivity index (χ4v) is 7.32. The lowest BCUT2D eigenvalue weighted by molar-refractivity contribution is 0.0622. The zero-order chi connectivity index (χ0) is 24.3. The van der Waals surface area contributed by atoms with Crippen LogP contribution >= 0.6 is 11.3 Å². The van der Waals surface area contributed by atoms with Gasteiger partial charge >= 0.3 is 0 Å². The highest BCUT2D eigenvalue weighted by Gasteiger charge is 2.28. The van der Waals surface area contributed by atoms with Gasteiger partial charge in [-0.3, -0.25) is 0 Å². The number of hydrogen-bond acceptors (Lipinski definition) is 8. The lowest BCUT2D eigenvalue weighted by Crippen LogP contribution is -2.38. The third-order valence-corrected chi connectivity index (χ3v) is 9.53. The monoisotopic (exact) mass is 509 g/mol. The first-order chi connectivity index (χ1) is 16.3. The van der Waals surface area contributed by atoms with E-state index >= 15 is 0 Å². The number of nitrogens with zero attached hydrogens (tertiary/aromatic N) is 1. The Morgan fingerprint density at radius 2 is 1.88 bits per heavy atom. The van der Waals surface area contributed by atoms with Crippen LogP contribution in [0.5, 0.6) is 5.75 Å². The number of methoxy groups -OCH3 is 1. The molecule has 1 saturated heterocycles. The number of thiazole rings is 1. The molecule has 2 fully saturated rings. The highest BCUT2D eigenvalue weighted by molar-refractivity contribution is 7.89. The second-order valence-electron chi connectivity index (χ2n) is 9.31. The normalized spacial score (nSPS) is 22.9. The molecule has 2 aromatic rings. The maximum atomic E-state index is 13.3. The summed E-state index contributed by atoms with van der Waals surface area (Å²) in [7, 11) is -2.32. The SMILES string of the molecule is COc1ccc(-c2sc(NC(C)C3CCOCC3)nc2C)cc1S(=O)(=O)N[C@H]1CC[C@H](O)CC1. The maximum Gasteiger partial charge on any atom is 0.244 e. The summed E-state index contributed by atoms with van der Waals surface area (Å²) in [5.74, 6) is 0.854. The van der Waals surface area contributed by atoms with E-state index in [1.165, 1.54) is 18.4 Å². The molecule has 1 aromatic heterocycles. The van der Waals surface area contributed by atoms with Gasteiger partial charge in [0.1, 0.15) is 10.6 Å². The molecule has 1 saturated carbocycles. The van der Waals surface area contributed by atoms with Gasteiger partial charge in [-0.2, -0.15) is 0 Å². The van der Waals surface area contributed by atoms with Gasteiger partial charge in [-0.05, 0) is 82.1 Å². The summed E-state index contributed by atoms with van der Waals surface area (Å²) < 4.78 is 40.2. The molecule has 188 valence electrons. The van der Waals surface area contributed by atoms with Gasteiger partial charge in [0, 0.05) is 25.3 Å². The highest BCUT2D eigenvalue weighted by Crippen LogP contribution is 2.37. The smallest absolute Gasteiger partial charge is 0.244 e. The van der Waals surface area contributed by atoms with Gasteiger partial charge < -0.3 is 19.9 Å². The quantitative estimate of drug-likeness (QED) is 0.494. The van der Waals surface area contributed by atoms with Gasteiger partial charge in [-0.1, -0.05) is 11.3 Å². The van der Waals surface area contributed by atoms with Crippen molar-refractivity contribution >= 4 is 26.5 Å². The lowest BCUT2D eigenvalue weighted by atomic mass is 9.93. The molecule has 1 aromatic carbocycles. The van der Waals surface area contributed by atoms with Crippen LogP contribution in [-0.2, 0) is 14.8 Å². The molecule has 10 heteroatoms. The van der Waals surface area contributed by atoms with Crippen molar-refractivity contribution in [3.05, 3.63) is 23.9 Å². The molecule has 1 unspecified atom stereocenters. The van der Waals surface area contributed by atoms with E-state index in [0.717, 1.165) is 47.3 Å². The minimum atomic E-state index is -3.79. The third kappa shape index (κ3) is 5.91. The Morgan fingerprint density at radius 3 is 2.56 bits per heavy atom. The number of benzene rings is 1. The number of anilines is 1. The summed E-state index contributed by atoms with van der Waals surface area (Å²) in [6, 6.07) is 5.35. The van der Waals surface area contributed by atoms with Gasteiger partial charge in [-0.15, -0.1) is 0 Å². The molecule has 1 aliphatic heterocycles. The van der Waals surface area contributed by atoms with Crippen molar-refractivity contribution < 1.29 is 23.0 Å². The van der Waals surface area contributed by atoms with Crippen molar-refractivity contribution in [2.75, 3.05) is 25.6 Å². The molecule has 3 N–H and O–H groups in total. The van der Waals surface area contributed by atoms with Crippen molar-refractivity contribution in [2.45, 2.75) is 75.5 Å². The third-order valence-electron chi connectivity index (χ3n) is 6.85. The molecule has 34 heavy (non-hydrogen) atoms. The summed E-state index contributed by atoms with van der Waals surface area (Å²) in [4.78, 5) is 5.77. The van der Waals surface area contributed by atoms with E-state index in [-0.39, 0.29) is 23.1 Å². The molecule has 0 radical (unpaired) electrons. The molecule has 2 aliphatic rings. The predicted molar refractivity (Wildman–Crippen MR) is 134 cm³/mol. The van der Waals surface area contributed by atoms with Crippen LogP contribution in [0.3, 0.4) is 0 Å². The molecular weight excluding hydrogens is 474 g/mol. The second-order valence-corrected chi connectivity index (χ2v) is 12.0. The van der Waals surface area contributed by atoms with E-state index in [0.29, 0.717) is 37.4 Å². The standard InChI is InChI=1S/C24H35N3O5S2/c1-15(17-10-12-32-13-11-17)25-24-26-16(2)23(33-24)18-4-9-21(31-3)22(14-18)34(29,30)27-19-5-7-20(28)8-6-19/h4,9,14-15,17,19-20,27-28H,5-8,10-13H2,1-3H3,(H,25,26)/t15?,19-,20-. The van der Waals surface area contributed by atoms with Crippen molar-refractivity contribution in [2.24, 2.45) is 5.92 Å². The molecule has 4 rings (SSSR count). The van der Waals surface area contributed by atoms with Crippen LogP contribution < -0.4 is 14.8 Å². The Kier molecular flexibility index (Phi) is 8.14. The summed E-state index contributed by atoms with van der Waals surface area (Å²) in [6.45, 7) is 5.73. The molecule has 2 heterocycles. The predicted octanol–water partition coefficient (Wildman–Crippen LogP) is 3.94. The molecule has 1 aliphatic carbocycles. The van der Waals surface area contributed by atoms with Crippen LogP contribution in [-0.4, -0.2) is 57.0 Å². The first-order valence-electron chi connectivity index (χ1n) is 12.0. The zero-order valence-corrected chi connectivity index (χ0v) is 21.7. The van der Waals surface area contributed by atoms with E-state index in [1.54, 1.807) is 12.1 Å². The lowest BCUT2D eigenvalue weighted by Gasteiger charge is -2.28. The largest absolute Gasteiger partial charge is 0.495 e. The second kappa shape index (κ2) is 10.9. The Labute approximate surface area is 206 Å². The molecule has 8 nitrogen and oxygen atoms in total. The van der Waals surface area contributed by atoms with Gasteiger partial charge in [0.25, 0.3) is 0 Å². The number of hydrogen-bond donors (Lipinski definition) is 3. The summed E-state index contributed by atoms with van der Waals surface area (Å²) in [5.41, 5.74) is 1.65. The number of aliphatic hydroxyl groups excluding tert-OH is 1. The molecule has 0 bridgehead atoms. The van der Waals surface area contributed by atoms with E-state index in [2.05, 4.69) is 17.0 Å².